The molecule has 1 unspecified atom stereocenters. The number of carbonyl (C=O) groups is 1. The Morgan fingerprint density at radius 1 is 0.967 bits per heavy atom. The molecule has 0 saturated heterocycles. The van der Waals surface area contributed by atoms with Gasteiger partial charge in [-0.3, -0.25) is 4.79 Å². The van der Waals surface area contributed by atoms with Crippen molar-refractivity contribution < 1.29 is 22.7 Å². The minimum atomic E-state index is -4.36. The number of benzene rings is 3. The van der Waals surface area contributed by atoms with Gasteiger partial charge < -0.3 is 15.4 Å². The fourth-order valence-corrected chi connectivity index (χ4v) is 3.70. The zero-order valence-electron chi connectivity index (χ0n) is 16.3. The van der Waals surface area contributed by atoms with Gasteiger partial charge in [-0.25, -0.2) is 0 Å². The van der Waals surface area contributed by atoms with Crippen LogP contribution in [-0.2, 0) is 8.34 Å². The summed E-state index contributed by atoms with van der Waals surface area (Å²) in [5.74, 6) is 0.0614. The van der Waals surface area contributed by atoms with E-state index >= 15 is 0 Å². The molecule has 0 aliphatic carbocycles. The van der Waals surface area contributed by atoms with Crippen molar-refractivity contribution in [2.45, 2.75) is 23.6 Å². The first kappa shape index (κ1) is 22.2. The predicted octanol–water partition coefficient (Wildman–Crippen LogP) is 6.27. The van der Waals surface area contributed by atoms with Gasteiger partial charge in [0.1, 0.15) is 9.30 Å². The third kappa shape index (κ3) is 6.01. The molecule has 0 radical (unpaired) electrons. The molecule has 0 spiro atoms. The SMILES string of the molecule is CC(=O)NC(C)(I)c1ccc2cc(Nc3ccc(OCC(F)(F)F)cc3)ccc2c1. The molecule has 0 aliphatic heterocycles. The second-order valence-corrected chi connectivity index (χ2v) is 9.17. The maximum Gasteiger partial charge on any atom is 0.422 e. The molecule has 3 aromatic carbocycles. The topological polar surface area (TPSA) is 50.4 Å². The first-order chi connectivity index (χ1) is 14.0. The Morgan fingerprint density at radius 3 is 2.20 bits per heavy atom. The summed E-state index contributed by atoms with van der Waals surface area (Å²) >= 11 is 2.21. The number of halogens is 4. The van der Waals surface area contributed by atoms with E-state index in [0.717, 1.165) is 27.7 Å². The summed E-state index contributed by atoms with van der Waals surface area (Å²) in [5, 5.41) is 8.21. The lowest BCUT2D eigenvalue weighted by Gasteiger charge is -2.24. The van der Waals surface area contributed by atoms with Crippen molar-refractivity contribution in [2.75, 3.05) is 11.9 Å². The molecular weight excluding hydrogens is 508 g/mol. The van der Waals surface area contributed by atoms with Crippen molar-refractivity contribution in [3.05, 3.63) is 66.2 Å². The molecule has 0 bridgehead atoms. The molecule has 3 aromatic rings. The Morgan fingerprint density at radius 2 is 1.57 bits per heavy atom. The Bertz CT molecular complexity index is 1050. The molecule has 0 aromatic heterocycles. The van der Waals surface area contributed by atoms with Crippen LogP contribution in [0.3, 0.4) is 0 Å². The summed E-state index contributed by atoms with van der Waals surface area (Å²) < 4.78 is 40.9. The van der Waals surface area contributed by atoms with E-state index in [1.807, 2.05) is 43.3 Å². The van der Waals surface area contributed by atoms with Crippen LogP contribution >= 0.6 is 22.6 Å². The quantitative estimate of drug-likeness (QED) is 0.225. The van der Waals surface area contributed by atoms with Crippen LogP contribution in [0.4, 0.5) is 24.5 Å². The summed E-state index contributed by atoms with van der Waals surface area (Å²) in [6.07, 6.45) is -4.36. The lowest BCUT2D eigenvalue weighted by atomic mass is 10.0. The van der Waals surface area contributed by atoms with Gasteiger partial charge in [0.05, 0.1) is 0 Å². The maximum atomic E-state index is 12.2. The van der Waals surface area contributed by atoms with Crippen molar-refractivity contribution in [3.63, 3.8) is 0 Å². The molecule has 0 heterocycles. The molecule has 2 N–H and O–H groups in total. The first-order valence-electron chi connectivity index (χ1n) is 9.10. The zero-order chi connectivity index (χ0) is 21.9. The van der Waals surface area contributed by atoms with E-state index in [1.54, 1.807) is 12.1 Å². The first-order valence-corrected chi connectivity index (χ1v) is 10.2. The van der Waals surface area contributed by atoms with Crippen molar-refractivity contribution in [1.29, 1.82) is 0 Å². The van der Waals surface area contributed by atoms with Gasteiger partial charge in [-0.2, -0.15) is 13.2 Å². The van der Waals surface area contributed by atoms with Gasteiger partial charge in [0.25, 0.3) is 0 Å². The largest absolute Gasteiger partial charge is 0.484 e. The lowest BCUT2D eigenvalue weighted by Crippen LogP contribution is -2.36. The second-order valence-electron chi connectivity index (χ2n) is 7.01. The fraction of sp³-hybridized carbons (Fsp3) is 0.227. The van der Waals surface area contributed by atoms with Crippen LogP contribution in [0.25, 0.3) is 10.8 Å². The van der Waals surface area contributed by atoms with Crippen LogP contribution in [0.1, 0.15) is 19.4 Å². The highest BCUT2D eigenvalue weighted by atomic mass is 127. The van der Waals surface area contributed by atoms with Crippen LogP contribution in [-0.4, -0.2) is 18.7 Å². The maximum absolute atomic E-state index is 12.2. The van der Waals surface area contributed by atoms with E-state index < -0.39 is 16.3 Å². The van der Waals surface area contributed by atoms with Crippen LogP contribution in [0.5, 0.6) is 5.75 Å². The summed E-state index contributed by atoms with van der Waals surface area (Å²) in [4.78, 5) is 11.4. The smallest absolute Gasteiger partial charge is 0.422 e. The van der Waals surface area contributed by atoms with E-state index in [4.69, 9.17) is 4.74 Å². The normalized spacial score (nSPS) is 13.5. The molecule has 0 fully saturated rings. The second kappa shape index (κ2) is 8.71. The Balaban J connectivity index is 1.73. The highest BCUT2D eigenvalue weighted by molar-refractivity contribution is 14.1. The molecule has 0 aliphatic rings. The molecule has 0 saturated carbocycles. The highest BCUT2D eigenvalue weighted by Crippen LogP contribution is 2.32. The standard InChI is InChI=1S/C22H20F3IN2O2/c1-14(29)28-21(2,26)17-5-3-16-12-19(6-4-15(16)11-17)27-18-7-9-20(10-8-18)30-13-22(23,24)25/h3-12,27H,13H2,1-2H3,(H,28,29). The van der Waals surface area contributed by atoms with Crippen molar-refractivity contribution in [2.24, 2.45) is 0 Å². The number of fused-ring (bicyclic) bond motifs is 1. The van der Waals surface area contributed by atoms with Gasteiger partial charge >= 0.3 is 6.18 Å². The van der Waals surface area contributed by atoms with Crippen molar-refractivity contribution in [1.82, 2.24) is 5.32 Å². The summed E-state index contributed by atoms with van der Waals surface area (Å²) in [6, 6.07) is 18.2. The van der Waals surface area contributed by atoms with E-state index in [1.165, 1.54) is 19.1 Å². The van der Waals surface area contributed by atoms with E-state index in [0.29, 0.717) is 0 Å². The van der Waals surface area contributed by atoms with E-state index in [-0.39, 0.29) is 11.7 Å². The number of carbonyl (C=O) groups excluding carboxylic acids is 1. The van der Waals surface area contributed by atoms with Gasteiger partial charge in [0.15, 0.2) is 6.61 Å². The Kier molecular flexibility index (Phi) is 6.44. The molecule has 1 atom stereocenters. The minimum Gasteiger partial charge on any atom is -0.484 e. The predicted molar refractivity (Wildman–Crippen MR) is 120 cm³/mol. The molecule has 8 heteroatoms. The summed E-state index contributed by atoms with van der Waals surface area (Å²) in [6.45, 7) is 2.11. The number of hydrogen-bond acceptors (Lipinski definition) is 3. The number of nitrogens with one attached hydrogen (secondary N) is 2. The number of amides is 1. The van der Waals surface area contributed by atoms with Gasteiger partial charge in [-0.1, -0.05) is 18.2 Å². The van der Waals surface area contributed by atoms with Crippen LogP contribution in [0.15, 0.2) is 60.7 Å². The van der Waals surface area contributed by atoms with Crippen molar-refractivity contribution in [3.8, 4) is 5.75 Å². The van der Waals surface area contributed by atoms with Gasteiger partial charge in [0, 0.05) is 18.3 Å². The average Bonchev–Trinajstić information content (AvgIpc) is 2.65. The molecule has 1 amide bonds. The monoisotopic (exact) mass is 528 g/mol. The van der Waals surface area contributed by atoms with E-state index in [9.17, 15) is 18.0 Å². The third-order valence-electron chi connectivity index (χ3n) is 4.34. The summed E-state index contributed by atoms with van der Waals surface area (Å²) in [5.41, 5.74) is 2.56. The molecular formula is C22H20F3IN2O2. The number of hydrogen-bond donors (Lipinski definition) is 2. The molecule has 158 valence electrons. The Labute approximate surface area is 185 Å². The average molecular weight is 528 g/mol. The van der Waals surface area contributed by atoms with Gasteiger partial charge in [0.2, 0.25) is 5.91 Å². The fourth-order valence-electron chi connectivity index (χ4n) is 2.98. The van der Waals surface area contributed by atoms with Crippen LogP contribution in [0, 0.1) is 0 Å². The molecule has 3 rings (SSSR count). The zero-order valence-corrected chi connectivity index (χ0v) is 18.5. The van der Waals surface area contributed by atoms with E-state index in [2.05, 4.69) is 33.2 Å². The van der Waals surface area contributed by atoms with Gasteiger partial charge in [-0.05, 0) is 88.3 Å². The Hall–Kier alpha value is -2.49. The summed E-state index contributed by atoms with van der Waals surface area (Å²) in [7, 11) is 0. The number of ether oxygens (including phenoxy) is 1. The molecule has 4 nitrogen and oxygen atoms in total. The number of rotatable bonds is 6. The molecule has 30 heavy (non-hydrogen) atoms. The van der Waals surface area contributed by atoms with Crippen molar-refractivity contribution >= 4 is 50.6 Å². The van der Waals surface area contributed by atoms with Gasteiger partial charge in [-0.15, -0.1) is 0 Å². The van der Waals surface area contributed by atoms with Crippen LogP contribution in [0.2, 0.25) is 0 Å². The lowest BCUT2D eigenvalue weighted by molar-refractivity contribution is -0.153. The minimum absolute atomic E-state index is 0.0960. The number of anilines is 2. The third-order valence-corrected chi connectivity index (χ3v) is 5.23. The van der Waals surface area contributed by atoms with Crippen LogP contribution < -0.4 is 15.4 Å². The highest BCUT2D eigenvalue weighted by Gasteiger charge is 2.28. The number of alkyl halides is 4.